The summed E-state index contributed by atoms with van der Waals surface area (Å²) >= 11 is 0. The topological polar surface area (TPSA) is 41.9 Å². The van der Waals surface area contributed by atoms with Crippen LogP contribution >= 0.6 is 0 Å². The fourth-order valence-electron chi connectivity index (χ4n) is 1.25. The van der Waals surface area contributed by atoms with Crippen molar-refractivity contribution in [3.8, 4) is 0 Å². The number of aliphatic hydroxyl groups is 1. The first-order valence-corrected chi connectivity index (χ1v) is 5.14. The number of hydrogen-bond donors (Lipinski definition) is 1. The lowest BCUT2D eigenvalue weighted by Gasteiger charge is -2.19. The average Bonchev–Trinajstić information content (AvgIpc) is 2.13. The van der Waals surface area contributed by atoms with E-state index in [9.17, 15) is 5.11 Å². The Kier molecular flexibility index (Phi) is 9.29. The van der Waals surface area contributed by atoms with Gasteiger partial charge in [-0.2, -0.15) is 0 Å². The van der Waals surface area contributed by atoms with Crippen LogP contribution in [-0.4, -0.2) is 63.2 Å². The van der Waals surface area contributed by atoms with E-state index in [0.717, 1.165) is 13.0 Å². The normalized spacial score (nSPS) is 13.5. The monoisotopic (exact) mass is 205 g/mol. The molecule has 4 heteroatoms. The highest BCUT2D eigenvalue weighted by Gasteiger charge is 2.07. The van der Waals surface area contributed by atoms with E-state index in [1.165, 1.54) is 0 Å². The molecule has 0 radical (unpaired) electrons. The minimum Gasteiger partial charge on any atom is -0.389 e. The van der Waals surface area contributed by atoms with Gasteiger partial charge in [0.2, 0.25) is 0 Å². The van der Waals surface area contributed by atoms with E-state index in [2.05, 4.69) is 11.8 Å². The van der Waals surface area contributed by atoms with Crippen molar-refractivity contribution >= 4 is 0 Å². The molecule has 0 amide bonds. The third-order valence-corrected chi connectivity index (χ3v) is 1.87. The van der Waals surface area contributed by atoms with E-state index in [1.807, 2.05) is 7.05 Å². The number of methoxy groups -OCH3 is 1. The highest BCUT2D eigenvalue weighted by Crippen LogP contribution is 1.92. The Morgan fingerprint density at radius 1 is 1.36 bits per heavy atom. The molecule has 1 unspecified atom stereocenters. The summed E-state index contributed by atoms with van der Waals surface area (Å²) in [5.41, 5.74) is 0. The van der Waals surface area contributed by atoms with E-state index < -0.39 is 6.10 Å². The van der Waals surface area contributed by atoms with Crippen LogP contribution in [0.25, 0.3) is 0 Å². The van der Waals surface area contributed by atoms with Gasteiger partial charge in [0.15, 0.2) is 0 Å². The van der Waals surface area contributed by atoms with E-state index in [-0.39, 0.29) is 0 Å². The molecule has 1 atom stereocenters. The summed E-state index contributed by atoms with van der Waals surface area (Å²) in [7, 11) is 3.64. The third kappa shape index (κ3) is 8.44. The first kappa shape index (κ1) is 13.8. The Morgan fingerprint density at radius 2 is 2.07 bits per heavy atom. The van der Waals surface area contributed by atoms with Crippen molar-refractivity contribution in [3.63, 3.8) is 0 Å². The standard InChI is InChI=1S/C10H23NO3/c1-4-5-11(2)8-10(12)9-14-7-6-13-3/h10,12H,4-9H2,1-3H3. The molecule has 0 aromatic rings. The minimum absolute atomic E-state index is 0.386. The van der Waals surface area contributed by atoms with Crippen LogP contribution in [0.5, 0.6) is 0 Å². The third-order valence-electron chi connectivity index (χ3n) is 1.87. The molecule has 0 aliphatic heterocycles. The molecule has 0 saturated heterocycles. The van der Waals surface area contributed by atoms with Crippen molar-refractivity contribution in [1.29, 1.82) is 0 Å². The molecule has 0 spiro atoms. The van der Waals surface area contributed by atoms with Crippen molar-refractivity contribution in [2.45, 2.75) is 19.4 Å². The van der Waals surface area contributed by atoms with Gasteiger partial charge in [0, 0.05) is 13.7 Å². The summed E-state index contributed by atoms with van der Waals surface area (Å²) in [6.45, 7) is 5.31. The fraction of sp³-hybridized carbons (Fsp3) is 1.00. The molecule has 14 heavy (non-hydrogen) atoms. The van der Waals surface area contributed by atoms with Gasteiger partial charge in [0.25, 0.3) is 0 Å². The van der Waals surface area contributed by atoms with E-state index in [1.54, 1.807) is 7.11 Å². The molecule has 0 aromatic heterocycles. The predicted molar refractivity (Wildman–Crippen MR) is 56.5 cm³/mol. The number of rotatable bonds is 9. The zero-order chi connectivity index (χ0) is 10.8. The van der Waals surface area contributed by atoms with Gasteiger partial charge in [0.05, 0.1) is 25.9 Å². The molecule has 0 saturated carbocycles. The van der Waals surface area contributed by atoms with Gasteiger partial charge in [-0.05, 0) is 20.0 Å². The van der Waals surface area contributed by atoms with Gasteiger partial charge >= 0.3 is 0 Å². The van der Waals surface area contributed by atoms with Crippen molar-refractivity contribution in [1.82, 2.24) is 4.90 Å². The van der Waals surface area contributed by atoms with Crippen LogP contribution in [0.15, 0.2) is 0 Å². The van der Waals surface area contributed by atoms with Gasteiger partial charge in [-0.3, -0.25) is 0 Å². The lowest BCUT2D eigenvalue weighted by molar-refractivity contribution is 0.00243. The van der Waals surface area contributed by atoms with Crippen LogP contribution < -0.4 is 0 Å². The molecule has 0 fully saturated rings. The van der Waals surface area contributed by atoms with Gasteiger partial charge in [-0.15, -0.1) is 0 Å². The number of aliphatic hydroxyl groups excluding tert-OH is 1. The van der Waals surface area contributed by atoms with Crippen LogP contribution in [0.1, 0.15) is 13.3 Å². The van der Waals surface area contributed by atoms with Crippen LogP contribution in [-0.2, 0) is 9.47 Å². The number of hydrogen-bond acceptors (Lipinski definition) is 4. The first-order valence-electron chi connectivity index (χ1n) is 5.14. The second kappa shape index (κ2) is 9.40. The van der Waals surface area contributed by atoms with Crippen molar-refractivity contribution in [2.24, 2.45) is 0 Å². The Hall–Kier alpha value is -0.160. The summed E-state index contributed by atoms with van der Waals surface area (Å²) < 4.78 is 10.0. The molecule has 0 heterocycles. The second-order valence-corrected chi connectivity index (χ2v) is 3.48. The smallest absolute Gasteiger partial charge is 0.0900 e. The molecular weight excluding hydrogens is 182 g/mol. The SMILES string of the molecule is CCCN(C)CC(O)COCCOC. The predicted octanol–water partition coefficient (Wildman–Crippen LogP) is 0.352. The summed E-state index contributed by atoms with van der Waals surface area (Å²) in [5, 5.41) is 9.54. The highest BCUT2D eigenvalue weighted by atomic mass is 16.5. The molecule has 0 aliphatic carbocycles. The van der Waals surface area contributed by atoms with E-state index in [4.69, 9.17) is 9.47 Å². The Labute approximate surface area is 86.8 Å². The fourth-order valence-corrected chi connectivity index (χ4v) is 1.25. The summed E-state index contributed by atoms with van der Waals surface area (Å²) in [5.74, 6) is 0. The molecule has 1 N–H and O–H groups in total. The van der Waals surface area contributed by atoms with Crippen molar-refractivity contribution in [2.75, 3.05) is 47.1 Å². The second-order valence-electron chi connectivity index (χ2n) is 3.48. The Bertz CT molecular complexity index is 122. The Morgan fingerprint density at radius 3 is 2.64 bits per heavy atom. The molecular formula is C10H23NO3. The van der Waals surface area contributed by atoms with Gasteiger partial charge < -0.3 is 19.5 Å². The highest BCUT2D eigenvalue weighted by molar-refractivity contribution is 4.59. The van der Waals surface area contributed by atoms with Crippen molar-refractivity contribution < 1.29 is 14.6 Å². The first-order chi connectivity index (χ1) is 6.70. The molecule has 0 bridgehead atoms. The molecule has 0 aliphatic rings. The van der Waals surface area contributed by atoms with E-state index >= 15 is 0 Å². The minimum atomic E-state index is -0.400. The maximum absolute atomic E-state index is 9.54. The number of likely N-dealkylation sites (N-methyl/N-ethyl adjacent to an activating group) is 1. The van der Waals surface area contributed by atoms with Gasteiger partial charge in [-0.25, -0.2) is 0 Å². The summed E-state index contributed by atoms with van der Waals surface area (Å²) in [6.07, 6.45) is 0.705. The Balaban J connectivity index is 3.30. The average molecular weight is 205 g/mol. The molecule has 86 valence electrons. The maximum atomic E-state index is 9.54. The zero-order valence-electron chi connectivity index (χ0n) is 9.53. The van der Waals surface area contributed by atoms with E-state index in [0.29, 0.717) is 26.4 Å². The maximum Gasteiger partial charge on any atom is 0.0900 e. The molecule has 0 rings (SSSR count). The molecule has 4 nitrogen and oxygen atoms in total. The van der Waals surface area contributed by atoms with Crippen LogP contribution in [0, 0.1) is 0 Å². The van der Waals surface area contributed by atoms with Crippen LogP contribution in [0.2, 0.25) is 0 Å². The van der Waals surface area contributed by atoms with Crippen molar-refractivity contribution in [3.05, 3.63) is 0 Å². The summed E-state index contributed by atoms with van der Waals surface area (Å²) in [4.78, 5) is 2.10. The van der Waals surface area contributed by atoms with Gasteiger partial charge in [0.1, 0.15) is 0 Å². The quantitative estimate of drug-likeness (QED) is 0.552. The zero-order valence-corrected chi connectivity index (χ0v) is 9.53. The lowest BCUT2D eigenvalue weighted by atomic mass is 10.3. The van der Waals surface area contributed by atoms with Gasteiger partial charge in [-0.1, -0.05) is 6.92 Å². The molecule has 0 aromatic carbocycles. The van der Waals surface area contributed by atoms with Crippen LogP contribution in [0.3, 0.4) is 0 Å². The largest absolute Gasteiger partial charge is 0.389 e. The number of nitrogens with zero attached hydrogens (tertiary/aromatic N) is 1. The summed E-state index contributed by atoms with van der Waals surface area (Å²) in [6, 6.07) is 0. The lowest BCUT2D eigenvalue weighted by Crippen LogP contribution is -2.32. The van der Waals surface area contributed by atoms with Crippen LogP contribution in [0.4, 0.5) is 0 Å². The number of ether oxygens (including phenoxy) is 2.